The molecular formula is C27H21Cl2N3O5. The molecule has 0 atom stereocenters. The molecule has 1 fully saturated rings. The number of barbiturate groups is 1. The van der Waals surface area contributed by atoms with Crippen LogP contribution in [-0.2, 0) is 14.4 Å². The number of urea groups is 1. The van der Waals surface area contributed by atoms with Crippen LogP contribution in [0.2, 0.25) is 10.0 Å². The lowest BCUT2D eigenvalue weighted by atomic mass is 10.1. The molecule has 1 heterocycles. The van der Waals surface area contributed by atoms with Gasteiger partial charge in [0, 0.05) is 21.3 Å². The molecule has 0 aromatic heterocycles. The summed E-state index contributed by atoms with van der Waals surface area (Å²) in [6.45, 7) is 3.51. The molecule has 0 radical (unpaired) electrons. The standard InChI is InChI=1S/C27H21Cl2N3O5/c1-15-6-8-22(16(2)10-15)30-24(33)14-37-23-9-7-19(29)11-17(23)12-21-25(34)31-27(36)32(26(21)35)20-5-3-4-18(28)13-20/h3-13H,14H2,1-2H3,(H,30,33)(H,31,34,36)/b21-12+. The highest BCUT2D eigenvalue weighted by molar-refractivity contribution is 6.39. The Morgan fingerprint density at radius 3 is 2.49 bits per heavy atom. The lowest BCUT2D eigenvalue weighted by Crippen LogP contribution is -2.54. The molecule has 5 amide bonds. The van der Waals surface area contributed by atoms with E-state index in [1.54, 1.807) is 24.3 Å². The second-order valence-corrected chi connectivity index (χ2v) is 9.15. The van der Waals surface area contributed by atoms with Gasteiger partial charge in [-0.1, -0.05) is 47.0 Å². The molecule has 1 saturated heterocycles. The van der Waals surface area contributed by atoms with Gasteiger partial charge < -0.3 is 10.1 Å². The number of aryl methyl sites for hydroxylation is 2. The summed E-state index contributed by atoms with van der Waals surface area (Å²) in [5, 5.41) is 5.56. The van der Waals surface area contributed by atoms with Crippen LogP contribution in [0.4, 0.5) is 16.2 Å². The topological polar surface area (TPSA) is 105 Å². The van der Waals surface area contributed by atoms with Crippen molar-refractivity contribution in [3.63, 3.8) is 0 Å². The molecule has 0 spiro atoms. The van der Waals surface area contributed by atoms with Crippen molar-refractivity contribution >= 4 is 64.4 Å². The van der Waals surface area contributed by atoms with Gasteiger partial charge in [-0.2, -0.15) is 0 Å². The smallest absolute Gasteiger partial charge is 0.335 e. The average Bonchev–Trinajstić information content (AvgIpc) is 2.83. The van der Waals surface area contributed by atoms with Gasteiger partial charge in [-0.05, 0) is 68.0 Å². The molecule has 0 saturated carbocycles. The summed E-state index contributed by atoms with van der Waals surface area (Å²) >= 11 is 12.1. The van der Waals surface area contributed by atoms with E-state index in [2.05, 4.69) is 10.6 Å². The van der Waals surface area contributed by atoms with Crippen molar-refractivity contribution in [1.82, 2.24) is 5.32 Å². The van der Waals surface area contributed by atoms with Crippen LogP contribution in [0.1, 0.15) is 16.7 Å². The Hall–Kier alpha value is -4.14. The number of anilines is 2. The third-order valence-corrected chi connectivity index (χ3v) is 5.92. The van der Waals surface area contributed by atoms with Gasteiger partial charge in [0.25, 0.3) is 17.7 Å². The quantitative estimate of drug-likeness (QED) is 0.328. The average molecular weight is 538 g/mol. The van der Waals surface area contributed by atoms with Gasteiger partial charge in [0.1, 0.15) is 11.3 Å². The number of carbonyl (C=O) groups excluding carboxylic acids is 4. The Morgan fingerprint density at radius 2 is 1.76 bits per heavy atom. The van der Waals surface area contributed by atoms with E-state index in [1.807, 2.05) is 26.0 Å². The predicted molar refractivity (Wildman–Crippen MR) is 142 cm³/mol. The Morgan fingerprint density at radius 1 is 1.00 bits per heavy atom. The largest absolute Gasteiger partial charge is 0.483 e. The molecule has 3 aromatic rings. The monoisotopic (exact) mass is 537 g/mol. The summed E-state index contributed by atoms with van der Waals surface area (Å²) in [5.41, 5.74) is 2.78. The van der Waals surface area contributed by atoms with Crippen molar-refractivity contribution in [2.45, 2.75) is 13.8 Å². The van der Waals surface area contributed by atoms with Crippen molar-refractivity contribution in [3.05, 3.63) is 93.0 Å². The molecular weight excluding hydrogens is 517 g/mol. The van der Waals surface area contributed by atoms with Crippen molar-refractivity contribution in [2.24, 2.45) is 0 Å². The summed E-state index contributed by atoms with van der Waals surface area (Å²) in [5.74, 6) is -1.93. The summed E-state index contributed by atoms with van der Waals surface area (Å²) in [6, 6.07) is 15.4. The second-order valence-electron chi connectivity index (χ2n) is 8.28. The van der Waals surface area contributed by atoms with E-state index in [0.29, 0.717) is 15.7 Å². The number of ether oxygens (including phenoxy) is 1. The number of imide groups is 2. The van der Waals surface area contributed by atoms with Crippen molar-refractivity contribution in [3.8, 4) is 5.75 Å². The second kappa shape index (κ2) is 10.9. The van der Waals surface area contributed by atoms with E-state index in [-0.39, 0.29) is 29.2 Å². The SMILES string of the molecule is Cc1ccc(NC(=O)COc2ccc(Cl)cc2/C=C2\C(=O)NC(=O)N(c3cccc(Cl)c3)C2=O)c(C)c1. The number of carbonyl (C=O) groups is 4. The first-order valence-corrected chi connectivity index (χ1v) is 11.8. The minimum Gasteiger partial charge on any atom is -0.483 e. The number of rotatable bonds is 6. The zero-order valence-electron chi connectivity index (χ0n) is 19.8. The fraction of sp³-hybridized carbons (Fsp3) is 0.111. The Labute approximate surface area is 222 Å². The first-order valence-electron chi connectivity index (χ1n) is 11.1. The molecule has 1 aliphatic rings. The van der Waals surface area contributed by atoms with Gasteiger partial charge in [-0.25, -0.2) is 9.69 Å². The van der Waals surface area contributed by atoms with Crippen molar-refractivity contribution < 1.29 is 23.9 Å². The number of halogens is 2. The van der Waals surface area contributed by atoms with Crippen LogP contribution in [0.15, 0.2) is 66.2 Å². The molecule has 3 aromatic carbocycles. The van der Waals surface area contributed by atoms with Crippen LogP contribution in [0.3, 0.4) is 0 Å². The molecule has 8 nitrogen and oxygen atoms in total. The summed E-state index contributed by atoms with van der Waals surface area (Å²) in [4.78, 5) is 51.5. The van der Waals surface area contributed by atoms with Gasteiger partial charge in [0.15, 0.2) is 6.61 Å². The highest BCUT2D eigenvalue weighted by Crippen LogP contribution is 2.29. The number of nitrogens with zero attached hydrogens (tertiary/aromatic N) is 1. The fourth-order valence-corrected chi connectivity index (χ4v) is 4.07. The van der Waals surface area contributed by atoms with Gasteiger partial charge in [-0.3, -0.25) is 19.7 Å². The normalized spacial score (nSPS) is 14.5. The number of benzene rings is 3. The van der Waals surface area contributed by atoms with Crippen molar-refractivity contribution in [2.75, 3.05) is 16.8 Å². The number of hydrogen-bond acceptors (Lipinski definition) is 5. The van der Waals surface area contributed by atoms with Gasteiger partial charge in [0.05, 0.1) is 5.69 Å². The van der Waals surface area contributed by atoms with E-state index in [0.717, 1.165) is 16.0 Å². The van der Waals surface area contributed by atoms with Crippen LogP contribution in [0.5, 0.6) is 5.75 Å². The number of amides is 5. The molecule has 0 bridgehead atoms. The maximum absolute atomic E-state index is 13.2. The molecule has 0 aliphatic carbocycles. The molecule has 4 rings (SSSR count). The zero-order chi connectivity index (χ0) is 26.7. The van der Waals surface area contributed by atoms with E-state index in [4.69, 9.17) is 27.9 Å². The molecule has 2 N–H and O–H groups in total. The first kappa shape index (κ1) is 25.9. The third kappa shape index (κ3) is 5.99. The van der Waals surface area contributed by atoms with Gasteiger partial charge >= 0.3 is 6.03 Å². The minimum absolute atomic E-state index is 0.194. The lowest BCUT2D eigenvalue weighted by molar-refractivity contribution is -0.122. The predicted octanol–water partition coefficient (Wildman–Crippen LogP) is 5.29. The van der Waals surface area contributed by atoms with Crippen molar-refractivity contribution in [1.29, 1.82) is 0 Å². The van der Waals surface area contributed by atoms with Crippen LogP contribution in [-0.4, -0.2) is 30.4 Å². The molecule has 10 heteroatoms. The lowest BCUT2D eigenvalue weighted by Gasteiger charge is -2.26. The molecule has 37 heavy (non-hydrogen) atoms. The highest BCUT2D eigenvalue weighted by atomic mass is 35.5. The van der Waals surface area contributed by atoms with Crippen LogP contribution in [0, 0.1) is 13.8 Å². The van der Waals surface area contributed by atoms with E-state index in [9.17, 15) is 19.2 Å². The van der Waals surface area contributed by atoms with Crippen LogP contribution in [0.25, 0.3) is 6.08 Å². The van der Waals surface area contributed by atoms with Crippen LogP contribution >= 0.6 is 23.2 Å². The van der Waals surface area contributed by atoms with E-state index >= 15 is 0 Å². The maximum Gasteiger partial charge on any atom is 0.335 e. The summed E-state index contributed by atoms with van der Waals surface area (Å²) in [7, 11) is 0. The van der Waals surface area contributed by atoms with Gasteiger partial charge in [0.2, 0.25) is 0 Å². The number of hydrogen-bond donors (Lipinski definition) is 2. The molecule has 188 valence electrons. The summed E-state index contributed by atoms with van der Waals surface area (Å²) in [6.07, 6.45) is 1.25. The van der Waals surface area contributed by atoms with E-state index in [1.165, 1.54) is 30.3 Å². The molecule has 1 aliphatic heterocycles. The Kier molecular flexibility index (Phi) is 7.61. The Bertz CT molecular complexity index is 1470. The fourth-order valence-electron chi connectivity index (χ4n) is 3.71. The zero-order valence-corrected chi connectivity index (χ0v) is 21.3. The Balaban J connectivity index is 1.58. The highest BCUT2D eigenvalue weighted by Gasteiger charge is 2.37. The summed E-state index contributed by atoms with van der Waals surface area (Å²) < 4.78 is 5.69. The third-order valence-electron chi connectivity index (χ3n) is 5.45. The van der Waals surface area contributed by atoms with Gasteiger partial charge in [-0.15, -0.1) is 0 Å². The maximum atomic E-state index is 13.2. The number of nitrogens with one attached hydrogen (secondary N) is 2. The minimum atomic E-state index is -0.903. The van der Waals surface area contributed by atoms with E-state index < -0.39 is 23.8 Å². The molecule has 0 unspecified atom stereocenters. The first-order chi connectivity index (χ1) is 17.6. The van der Waals surface area contributed by atoms with Crippen LogP contribution < -0.4 is 20.3 Å².